The molecule has 1 unspecified atom stereocenters. The lowest BCUT2D eigenvalue weighted by molar-refractivity contribution is -0.140. The van der Waals surface area contributed by atoms with Crippen molar-refractivity contribution in [1.82, 2.24) is 19.7 Å². The van der Waals surface area contributed by atoms with E-state index >= 15 is 0 Å². The molecule has 37 heavy (non-hydrogen) atoms. The topological polar surface area (TPSA) is 79.1 Å². The van der Waals surface area contributed by atoms with Gasteiger partial charge in [0.05, 0.1) is 10.9 Å². The van der Waals surface area contributed by atoms with E-state index in [1.165, 1.54) is 17.9 Å². The van der Waals surface area contributed by atoms with Gasteiger partial charge >= 0.3 is 6.18 Å². The first-order chi connectivity index (χ1) is 17.6. The van der Waals surface area contributed by atoms with Gasteiger partial charge < -0.3 is 15.3 Å². The number of hydrogen-bond acceptors (Lipinski definition) is 6. The average molecular weight is 518 g/mol. The van der Waals surface area contributed by atoms with Crippen LogP contribution in [0.4, 0.5) is 33.6 Å². The molecule has 194 valence electrons. The molecule has 4 aromatic rings. The van der Waals surface area contributed by atoms with Crippen molar-refractivity contribution in [2.75, 3.05) is 23.3 Å². The number of rotatable bonds is 5. The summed E-state index contributed by atoms with van der Waals surface area (Å²) in [5.74, 6) is -5.08. The fraction of sp³-hybridized carbons (Fsp3) is 0.320. The fourth-order valence-corrected chi connectivity index (χ4v) is 4.70. The zero-order valence-corrected chi connectivity index (χ0v) is 19.7. The van der Waals surface area contributed by atoms with E-state index in [-0.39, 0.29) is 28.7 Å². The first-order valence-electron chi connectivity index (χ1n) is 11.7. The molecule has 2 N–H and O–H groups in total. The first-order valence-corrected chi connectivity index (χ1v) is 11.7. The van der Waals surface area contributed by atoms with Gasteiger partial charge in [0.25, 0.3) is 0 Å². The standard InChI is InChI=1S/C25H23F5N6O/c1-35-23-17(21(34-35)16-11-18(25(28,29)30)20(27)22(37)19(16)26)13-32-24(33-23)31-12-15-9-5-6-10-36(15)14-7-3-2-4-8-14/h2-4,7-8,11,13,15,37H,5-6,9-10,12H2,1H3,(H,31,32,33). The number of benzene rings is 2. The molecule has 0 bridgehead atoms. The van der Waals surface area contributed by atoms with Crippen LogP contribution in [0.5, 0.6) is 5.75 Å². The second kappa shape index (κ2) is 9.49. The van der Waals surface area contributed by atoms with Gasteiger partial charge in [0.15, 0.2) is 23.0 Å². The molecule has 1 saturated heterocycles. The van der Waals surface area contributed by atoms with Gasteiger partial charge in [0.1, 0.15) is 5.69 Å². The Morgan fingerprint density at radius 3 is 2.59 bits per heavy atom. The Balaban J connectivity index is 1.44. The molecule has 3 heterocycles. The summed E-state index contributed by atoms with van der Waals surface area (Å²) < 4.78 is 69.7. The molecule has 7 nitrogen and oxygen atoms in total. The summed E-state index contributed by atoms with van der Waals surface area (Å²) >= 11 is 0. The number of fused-ring (bicyclic) bond motifs is 1. The lowest BCUT2D eigenvalue weighted by Gasteiger charge is -2.37. The van der Waals surface area contributed by atoms with Gasteiger partial charge in [-0.2, -0.15) is 23.3 Å². The number of aromatic nitrogens is 4. The van der Waals surface area contributed by atoms with Crippen LogP contribution in [0.15, 0.2) is 42.6 Å². The van der Waals surface area contributed by atoms with E-state index in [0.717, 1.165) is 31.5 Å². The van der Waals surface area contributed by atoms with Crippen molar-refractivity contribution in [1.29, 1.82) is 0 Å². The number of hydrogen-bond donors (Lipinski definition) is 2. The lowest BCUT2D eigenvalue weighted by Crippen LogP contribution is -2.43. The van der Waals surface area contributed by atoms with Crippen LogP contribution in [0.2, 0.25) is 0 Å². The maximum absolute atomic E-state index is 14.7. The maximum atomic E-state index is 14.7. The second-order valence-electron chi connectivity index (χ2n) is 8.91. The monoisotopic (exact) mass is 518 g/mol. The molecule has 12 heteroatoms. The van der Waals surface area contributed by atoms with Gasteiger partial charge in [0.2, 0.25) is 5.95 Å². The van der Waals surface area contributed by atoms with Crippen LogP contribution >= 0.6 is 0 Å². The number of aryl methyl sites for hydroxylation is 1. The number of piperidine rings is 1. The van der Waals surface area contributed by atoms with E-state index < -0.39 is 34.7 Å². The lowest BCUT2D eigenvalue weighted by atomic mass is 10.0. The molecular weight excluding hydrogens is 495 g/mol. The Kier molecular flexibility index (Phi) is 6.34. The number of alkyl halides is 3. The van der Waals surface area contributed by atoms with Crippen LogP contribution < -0.4 is 10.2 Å². The van der Waals surface area contributed by atoms with Crippen molar-refractivity contribution in [2.24, 2.45) is 7.05 Å². The highest BCUT2D eigenvalue weighted by Gasteiger charge is 2.38. The average Bonchev–Trinajstić information content (AvgIpc) is 3.21. The van der Waals surface area contributed by atoms with E-state index in [9.17, 15) is 27.1 Å². The van der Waals surface area contributed by atoms with Crippen LogP contribution in [0.3, 0.4) is 0 Å². The number of halogens is 5. The molecular formula is C25H23F5N6O. The summed E-state index contributed by atoms with van der Waals surface area (Å²) in [6.07, 6.45) is -0.659. The number of nitrogens with zero attached hydrogens (tertiary/aromatic N) is 5. The minimum atomic E-state index is -5.14. The van der Waals surface area contributed by atoms with Crippen LogP contribution in [-0.4, -0.2) is 44.0 Å². The highest BCUT2D eigenvalue weighted by atomic mass is 19.4. The molecule has 0 amide bonds. The summed E-state index contributed by atoms with van der Waals surface area (Å²) in [6, 6.07) is 10.6. The molecule has 1 atom stereocenters. The predicted molar refractivity (Wildman–Crippen MR) is 128 cm³/mol. The van der Waals surface area contributed by atoms with Gasteiger partial charge in [-0.3, -0.25) is 0 Å². The SMILES string of the molecule is Cn1nc(-c2cc(C(F)(F)F)c(F)c(O)c2F)c2cnc(NCC3CCCCN3c3ccccc3)nc21. The highest BCUT2D eigenvalue weighted by Crippen LogP contribution is 2.41. The molecule has 0 radical (unpaired) electrons. The van der Waals surface area contributed by atoms with Gasteiger partial charge in [0, 0.05) is 43.6 Å². The Morgan fingerprint density at radius 1 is 1.11 bits per heavy atom. The molecule has 0 spiro atoms. The Labute approximate surface area is 208 Å². The minimum Gasteiger partial charge on any atom is -0.503 e. The molecule has 2 aromatic heterocycles. The van der Waals surface area contributed by atoms with E-state index in [4.69, 9.17) is 0 Å². The van der Waals surface area contributed by atoms with Crippen LogP contribution in [-0.2, 0) is 13.2 Å². The third-order valence-corrected chi connectivity index (χ3v) is 6.53. The summed E-state index contributed by atoms with van der Waals surface area (Å²) in [5.41, 5.74) is -1.39. The smallest absolute Gasteiger partial charge is 0.419 e. The van der Waals surface area contributed by atoms with Gasteiger partial charge in [-0.05, 0) is 37.5 Å². The van der Waals surface area contributed by atoms with E-state index in [1.807, 2.05) is 18.2 Å². The highest BCUT2D eigenvalue weighted by molar-refractivity contribution is 5.91. The molecule has 5 rings (SSSR count). The molecule has 0 aliphatic carbocycles. The largest absolute Gasteiger partial charge is 0.503 e. The molecule has 1 fully saturated rings. The predicted octanol–water partition coefficient (Wildman–Crippen LogP) is 5.50. The number of phenolic OH excluding ortho intramolecular Hbond substituents is 1. The zero-order valence-electron chi connectivity index (χ0n) is 19.7. The van der Waals surface area contributed by atoms with Crippen molar-refractivity contribution >= 4 is 22.7 Å². The Bertz CT molecular complexity index is 1440. The van der Waals surface area contributed by atoms with Crippen LogP contribution in [0.25, 0.3) is 22.3 Å². The van der Waals surface area contributed by atoms with Crippen molar-refractivity contribution in [3.63, 3.8) is 0 Å². The maximum Gasteiger partial charge on any atom is 0.419 e. The molecule has 2 aromatic carbocycles. The number of aromatic hydroxyl groups is 1. The van der Waals surface area contributed by atoms with E-state index in [2.05, 4.69) is 37.4 Å². The zero-order chi connectivity index (χ0) is 26.3. The van der Waals surface area contributed by atoms with Crippen LogP contribution in [0.1, 0.15) is 24.8 Å². The van der Waals surface area contributed by atoms with Gasteiger partial charge in [-0.15, -0.1) is 0 Å². The molecule has 1 aliphatic heterocycles. The van der Waals surface area contributed by atoms with E-state index in [1.54, 1.807) is 0 Å². The third-order valence-electron chi connectivity index (χ3n) is 6.53. The summed E-state index contributed by atoms with van der Waals surface area (Å²) in [6.45, 7) is 1.48. The summed E-state index contributed by atoms with van der Waals surface area (Å²) in [4.78, 5) is 11.0. The number of phenols is 1. The summed E-state index contributed by atoms with van der Waals surface area (Å²) in [7, 11) is 1.49. The van der Waals surface area contributed by atoms with Gasteiger partial charge in [-0.25, -0.2) is 18.4 Å². The minimum absolute atomic E-state index is 0.148. The third kappa shape index (κ3) is 4.63. The molecule has 0 saturated carbocycles. The van der Waals surface area contributed by atoms with Crippen molar-refractivity contribution in [3.8, 4) is 17.0 Å². The van der Waals surface area contributed by atoms with Crippen molar-refractivity contribution in [3.05, 3.63) is 59.8 Å². The quantitative estimate of drug-likeness (QED) is 0.340. The van der Waals surface area contributed by atoms with Crippen molar-refractivity contribution in [2.45, 2.75) is 31.5 Å². The number of nitrogens with one attached hydrogen (secondary N) is 1. The number of para-hydroxylation sites is 1. The summed E-state index contributed by atoms with van der Waals surface area (Å²) in [5, 5.41) is 17.1. The Morgan fingerprint density at radius 2 is 1.86 bits per heavy atom. The molecule has 1 aliphatic rings. The van der Waals surface area contributed by atoms with Crippen LogP contribution in [0, 0.1) is 11.6 Å². The Hall–Kier alpha value is -3.96. The fourth-order valence-electron chi connectivity index (χ4n) is 4.70. The second-order valence-corrected chi connectivity index (χ2v) is 8.91. The van der Waals surface area contributed by atoms with E-state index in [0.29, 0.717) is 12.6 Å². The number of anilines is 2. The first kappa shape index (κ1) is 24.7. The van der Waals surface area contributed by atoms with Crippen molar-refractivity contribution < 1.29 is 27.1 Å². The van der Waals surface area contributed by atoms with Gasteiger partial charge in [-0.1, -0.05) is 18.2 Å². The normalized spacial score (nSPS) is 16.4.